The summed E-state index contributed by atoms with van der Waals surface area (Å²) in [6, 6.07) is 3.34. The first-order valence-corrected chi connectivity index (χ1v) is 6.39. The van der Waals surface area contributed by atoms with Crippen LogP contribution in [-0.2, 0) is 0 Å². The van der Waals surface area contributed by atoms with Gasteiger partial charge in [-0.25, -0.2) is 9.78 Å². The van der Waals surface area contributed by atoms with Gasteiger partial charge in [-0.2, -0.15) is 18.6 Å². The summed E-state index contributed by atoms with van der Waals surface area (Å²) < 4.78 is 26.1. The Balaban J connectivity index is 2.46. The van der Waals surface area contributed by atoms with Crippen LogP contribution in [0.5, 0.6) is 0 Å². The summed E-state index contributed by atoms with van der Waals surface area (Å²) in [5.41, 5.74) is 0.510. The van der Waals surface area contributed by atoms with Crippen LogP contribution in [0.1, 0.15) is 18.2 Å². The van der Waals surface area contributed by atoms with Crippen molar-refractivity contribution in [2.45, 2.75) is 12.6 Å². The highest BCUT2D eigenvalue weighted by Gasteiger charge is 2.20. The first kappa shape index (κ1) is 16.1. The third-order valence-corrected chi connectivity index (χ3v) is 3.20. The number of hydrogen-bond acceptors (Lipinski definition) is 4. The fourth-order valence-electron chi connectivity index (χ4n) is 1.90. The number of rotatable bonds is 5. The molecule has 22 heavy (non-hydrogen) atoms. The molecule has 0 aliphatic heterocycles. The molecule has 1 atom stereocenters. The number of alkyl halides is 2. The lowest BCUT2D eigenvalue weighted by Gasteiger charge is -2.16. The first-order valence-electron chi connectivity index (χ1n) is 6.01. The summed E-state index contributed by atoms with van der Waals surface area (Å²) in [6.07, 6.45) is -0.366. The molecule has 1 aromatic carbocycles. The SMILES string of the molecule is O=C(O)NC(CO)c1ccc(Cl)c(-c2ncnn2C(F)F)c1. The van der Waals surface area contributed by atoms with Gasteiger partial charge in [-0.05, 0) is 17.7 Å². The molecule has 3 N–H and O–H groups in total. The van der Waals surface area contributed by atoms with E-state index < -0.39 is 25.3 Å². The van der Waals surface area contributed by atoms with Gasteiger partial charge in [-0.15, -0.1) is 0 Å². The van der Waals surface area contributed by atoms with Gasteiger partial charge in [0.05, 0.1) is 17.7 Å². The summed E-state index contributed by atoms with van der Waals surface area (Å²) in [5, 5.41) is 23.6. The van der Waals surface area contributed by atoms with E-state index in [0.29, 0.717) is 10.2 Å². The van der Waals surface area contributed by atoms with E-state index in [4.69, 9.17) is 16.7 Å². The molecule has 118 valence electrons. The highest BCUT2D eigenvalue weighted by molar-refractivity contribution is 6.33. The zero-order valence-electron chi connectivity index (χ0n) is 10.9. The maximum atomic E-state index is 12.9. The molecule has 1 heterocycles. The van der Waals surface area contributed by atoms with E-state index in [9.17, 15) is 18.7 Å². The molecule has 0 aliphatic carbocycles. The van der Waals surface area contributed by atoms with Crippen molar-refractivity contribution in [3.8, 4) is 11.4 Å². The second-order valence-electron chi connectivity index (χ2n) is 4.23. The Labute approximate surface area is 128 Å². The Morgan fingerprint density at radius 1 is 1.45 bits per heavy atom. The minimum Gasteiger partial charge on any atom is -0.465 e. The van der Waals surface area contributed by atoms with Crippen molar-refractivity contribution in [3.63, 3.8) is 0 Å². The van der Waals surface area contributed by atoms with E-state index in [2.05, 4.69) is 15.4 Å². The fourth-order valence-corrected chi connectivity index (χ4v) is 2.10. The molecule has 10 heteroatoms. The van der Waals surface area contributed by atoms with Gasteiger partial charge in [0, 0.05) is 5.56 Å². The van der Waals surface area contributed by atoms with Gasteiger partial charge < -0.3 is 15.5 Å². The predicted molar refractivity (Wildman–Crippen MR) is 72.7 cm³/mol. The van der Waals surface area contributed by atoms with Gasteiger partial charge >= 0.3 is 12.6 Å². The third kappa shape index (κ3) is 3.31. The number of carboxylic acid groups (broad SMARTS) is 1. The van der Waals surface area contributed by atoms with Gasteiger partial charge in [-0.1, -0.05) is 17.7 Å². The standard InChI is InChI=1S/C12H11ClF2N4O3/c13-8-2-1-6(9(4-20)18-12(21)22)3-7(8)10-16-5-17-19(10)11(14)15/h1-3,5,9,11,18,20H,4H2,(H,21,22). The van der Waals surface area contributed by atoms with Gasteiger partial charge in [-0.3, -0.25) is 0 Å². The lowest BCUT2D eigenvalue weighted by molar-refractivity contribution is 0.0582. The Bertz CT molecular complexity index is 680. The van der Waals surface area contributed by atoms with Crippen LogP contribution in [0.15, 0.2) is 24.5 Å². The molecule has 7 nitrogen and oxygen atoms in total. The predicted octanol–water partition coefficient (Wildman–Crippen LogP) is 2.29. The van der Waals surface area contributed by atoms with Crippen LogP contribution in [0.3, 0.4) is 0 Å². The Morgan fingerprint density at radius 2 is 2.18 bits per heavy atom. The largest absolute Gasteiger partial charge is 0.465 e. The van der Waals surface area contributed by atoms with Crippen molar-refractivity contribution < 1.29 is 23.8 Å². The number of carbonyl (C=O) groups is 1. The number of aliphatic hydroxyl groups is 1. The van der Waals surface area contributed by atoms with Crippen molar-refractivity contribution in [3.05, 3.63) is 35.1 Å². The number of aromatic nitrogens is 3. The summed E-state index contributed by atoms with van der Waals surface area (Å²) in [6.45, 7) is -3.41. The molecule has 1 aromatic heterocycles. The van der Waals surface area contributed by atoms with E-state index in [0.717, 1.165) is 6.33 Å². The average Bonchev–Trinajstić information content (AvgIpc) is 2.94. The first-order chi connectivity index (χ1) is 10.4. The Morgan fingerprint density at radius 3 is 2.77 bits per heavy atom. The fraction of sp³-hybridized carbons (Fsp3) is 0.250. The quantitative estimate of drug-likeness (QED) is 0.780. The molecule has 2 aromatic rings. The molecule has 0 aliphatic rings. The van der Waals surface area contributed by atoms with E-state index in [-0.39, 0.29) is 16.4 Å². The van der Waals surface area contributed by atoms with Crippen LogP contribution in [0, 0.1) is 0 Å². The Hall–Kier alpha value is -2.26. The highest BCUT2D eigenvalue weighted by Crippen LogP contribution is 2.31. The topological polar surface area (TPSA) is 100 Å². The molecule has 2 rings (SSSR count). The summed E-state index contributed by atoms with van der Waals surface area (Å²) in [4.78, 5) is 14.4. The van der Waals surface area contributed by atoms with Crippen molar-refractivity contribution in [2.75, 3.05) is 6.61 Å². The van der Waals surface area contributed by atoms with Gasteiger partial charge in [0.25, 0.3) is 0 Å². The maximum Gasteiger partial charge on any atom is 0.405 e. The van der Waals surface area contributed by atoms with Crippen LogP contribution in [0.4, 0.5) is 13.6 Å². The van der Waals surface area contributed by atoms with Crippen molar-refractivity contribution in [1.29, 1.82) is 0 Å². The zero-order valence-corrected chi connectivity index (χ0v) is 11.7. The number of aliphatic hydroxyl groups excluding tert-OH is 1. The summed E-state index contributed by atoms with van der Waals surface area (Å²) in [5.74, 6) is -0.158. The molecule has 1 amide bonds. The average molecular weight is 333 g/mol. The second kappa shape index (κ2) is 6.67. The molecule has 0 saturated heterocycles. The van der Waals surface area contributed by atoms with Crippen LogP contribution < -0.4 is 5.32 Å². The van der Waals surface area contributed by atoms with E-state index in [1.165, 1.54) is 18.2 Å². The molecule has 1 unspecified atom stereocenters. The van der Waals surface area contributed by atoms with Gasteiger partial charge in [0.1, 0.15) is 6.33 Å². The van der Waals surface area contributed by atoms with Crippen molar-refractivity contribution >= 4 is 17.7 Å². The van der Waals surface area contributed by atoms with Crippen molar-refractivity contribution in [1.82, 2.24) is 20.1 Å². The van der Waals surface area contributed by atoms with E-state index in [1.54, 1.807) is 0 Å². The van der Waals surface area contributed by atoms with Gasteiger partial charge in [0.2, 0.25) is 0 Å². The van der Waals surface area contributed by atoms with E-state index in [1.807, 2.05) is 0 Å². The van der Waals surface area contributed by atoms with Crippen LogP contribution in [-0.4, -0.2) is 37.7 Å². The zero-order chi connectivity index (χ0) is 16.3. The molecule has 0 fully saturated rings. The van der Waals surface area contributed by atoms with Crippen LogP contribution in [0.25, 0.3) is 11.4 Å². The van der Waals surface area contributed by atoms with Gasteiger partial charge in [0.15, 0.2) is 5.82 Å². The number of halogens is 3. The number of hydrogen-bond donors (Lipinski definition) is 3. The smallest absolute Gasteiger partial charge is 0.405 e. The Kier molecular flexibility index (Phi) is 4.88. The lowest BCUT2D eigenvalue weighted by atomic mass is 10.0. The maximum absolute atomic E-state index is 12.9. The molecule has 0 bridgehead atoms. The molecule has 0 spiro atoms. The van der Waals surface area contributed by atoms with Crippen LogP contribution in [0.2, 0.25) is 5.02 Å². The number of nitrogens with one attached hydrogen (secondary N) is 1. The number of amides is 1. The molecular weight excluding hydrogens is 322 g/mol. The minimum absolute atomic E-state index is 0.144. The molecular formula is C12H11ClF2N4O3. The summed E-state index contributed by atoms with van der Waals surface area (Å²) in [7, 11) is 0. The summed E-state index contributed by atoms with van der Waals surface area (Å²) >= 11 is 5.99. The number of nitrogens with zero attached hydrogens (tertiary/aromatic N) is 3. The third-order valence-electron chi connectivity index (χ3n) is 2.87. The lowest BCUT2D eigenvalue weighted by Crippen LogP contribution is -2.29. The molecule has 0 saturated carbocycles. The van der Waals surface area contributed by atoms with Crippen molar-refractivity contribution in [2.24, 2.45) is 0 Å². The monoisotopic (exact) mass is 332 g/mol. The minimum atomic E-state index is -2.90. The molecule has 0 radical (unpaired) electrons. The number of benzene rings is 1. The normalized spacial score (nSPS) is 12.4. The van der Waals surface area contributed by atoms with Crippen LogP contribution >= 0.6 is 11.6 Å². The van der Waals surface area contributed by atoms with E-state index >= 15 is 0 Å². The highest BCUT2D eigenvalue weighted by atomic mass is 35.5. The second-order valence-corrected chi connectivity index (χ2v) is 4.64.